The fourth-order valence-electron chi connectivity index (χ4n) is 1.12. The van der Waals surface area contributed by atoms with Crippen molar-refractivity contribution < 1.29 is 9.28 Å². The molecule has 0 bridgehead atoms. The van der Waals surface area contributed by atoms with E-state index in [1.54, 1.807) is 0 Å². The fraction of sp³-hybridized carbons (Fsp3) is 0.833. The molecule has 1 N–H and O–H groups in total. The Morgan fingerprint density at radius 2 is 2.60 bits per heavy atom. The number of carbonyl (C=O) groups excluding carboxylic acids is 1. The van der Waals surface area contributed by atoms with Crippen LogP contribution < -0.4 is 5.32 Å². The molecule has 0 unspecified atom stereocenters. The predicted octanol–water partition coefficient (Wildman–Crippen LogP) is 0.0813. The van der Waals surface area contributed by atoms with Crippen molar-refractivity contribution >= 4 is 5.91 Å². The lowest BCUT2D eigenvalue weighted by Gasteiger charge is -2.11. The highest BCUT2D eigenvalue weighted by Crippen LogP contribution is 2.06. The highest BCUT2D eigenvalue weighted by atomic mass is 19.2. The standard InChI is InChI=1S/C6H11FN2O/c1-9(7)4-5-2-3-6(10)8-5/h5H,2-4H2,1H3,(H,8,10)/t5-/m0/s1. The zero-order valence-electron chi connectivity index (χ0n) is 5.93. The molecule has 4 heteroatoms. The van der Waals surface area contributed by atoms with Crippen molar-refractivity contribution in [2.75, 3.05) is 13.6 Å². The minimum Gasteiger partial charge on any atom is -0.352 e. The summed E-state index contributed by atoms with van der Waals surface area (Å²) in [7, 11) is 1.35. The van der Waals surface area contributed by atoms with Crippen LogP contribution in [0.1, 0.15) is 12.8 Å². The second-order valence-corrected chi connectivity index (χ2v) is 2.59. The first-order chi connectivity index (χ1) is 4.68. The zero-order chi connectivity index (χ0) is 7.56. The summed E-state index contributed by atoms with van der Waals surface area (Å²) in [5.74, 6) is 0.0341. The first-order valence-electron chi connectivity index (χ1n) is 3.35. The Morgan fingerprint density at radius 3 is 3.00 bits per heavy atom. The molecular formula is C6H11FN2O. The minimum atomic E-state index is 0.0162. The van der Waals surface area contributed by atoms with Gasteiger partial charge in [-0.3, -0.25) is 4.79 Å². The van der Waals surface area contributed by atoms with Gasteiger partial charge in [0, 0.05) is 26.1 Å². The highest BCUT2D eigenvalue weighted by molar-refractivity contribution is 5.78. The van der Waals surface area contributed by atoms with E-state index < -0.39 is 0 Å². The van der Waals surface area contributed by atoms with E-state index in [1.165, 1.54) is 7.05 Å². The Hall–Kier alpha value is -0.640. The monoisotopic (exact) mass is 146 g/mol. The van der Waals surface area contributed by atoms with Gasteiger partial charge in [-0.2, -0.15) is 0 Å². The van der Waals surface area contributed by atoms with Crippen molar-refractivity contribution in [1.82, 2.24) is 10.4 Å². The fourth-order valence-corrected chi connectivity index (χ4v) is 1.12. The van der Waals surface area contributed by atoms with E-state index in [4.69, 9.17) is 0 Å². The van der Waals surface area contributed by atoms with Gasteiger partial charge in [-0.1, -0.05) is 0 Å². The molecular weight excluding hydrogens is 135 g/mol. The molecule has 0 aromatic heterocycles. The summed E-state index contributed by atoms with van der Waals surface area (Å²) in [6, 6.07) is 0.0162. The molecule has 0 radical (unpaired) electrons. The third-order valence-corrected chi connectivity index (χ3v) is 1.56. The molecule has 1 aliphatic rings. The molecule has 10 heavy (non-hydrogen) atoms. The van der Waals surface area contributed by atoms with Crippen molar-refractivity contribution in [2.45, 2.75) is 18.9 Å². The molecule has 0 spiro atoms. The van der Waals surface area contributed by atoms with Gasteiger partial charge in [-0.25, -0.2) is 0 Å². The molecule has 1 heterocycles. The average molecular weight is 146 g/mol. The van der Waals surface area contributed by atoms with Gasteiger partial charge >= 0.3 is 0 Å². The molecule has 0 aromatic rings. The van der Waals surface area contributed by atoms with Crippen LogP contribution in [0.25, 0.3) is 0 Å². The number of amides is 1. The molecule has 3 nitrogen and oxygen atoms in total. The van der Waals surface area contributed by atoms with Gasteiger partial charge in [-0.05, 0) is 6.42 Å². The second-order valence-electron chi connectivity index (χ2n) is 2.59. The Kier molecular flexibility index (Phi) is 2.21. The van der Waals surface area contributed by atoms with Crippen LogP contribution in [0.15, 0.2) is 0 Å². The number of likely N-dealkylation sites (N-methyl/N-ethyl adjacent to an activating group) is 1. The highest BCUT2D eigenvalue weighted by Gasteiger charge is 2.21. The third kappa shape index (κ3) is 1.95. The second kappa shape index (κ2) is 2.96. The lowest BCUT2D eigenvalue weighted by Crippen LogP contribution is -2.33. The van der Waals surface area contributed by atoms with E-state index in [2.05, 4.69) is 5.32 Å². The predicted molar refractivity (Wildman–Crippen MR) is 34.9 cm³/mol. The summed E-state index contributed by atoms with van der Waals surface area (Å²) in [5, 5.41) is 3.26. The number of hydrogen-bond acceptors (Lipinski definition) is 2. The molecule has 1 amide bonds. The van der Waals surface area contributed by atoms with Crippen LogP contribution >= 0.6 is 0 Å². The van der Waals surface area contributed by atoms with Crippen molar-refractivity contribution in [1.29, 1.82) is 0 Å². The van der Waals surface area contributed by atoms with Crippen LogP contribution in [0.4, 0.5) is 4.48 Å². The Balaban J connectivity index is 2.24. The Morgan fingerprint density at radius 1 is 1.90 bits per heavy atom. The van der Waals surface area contributed by atoms with Crippen molar-refractivity contribution in [3.05, 3.63) is 0 Å². The number of nitrogens with one attached hydrogen (secondary N) is 1. The number of halogens is 1. The maximum Gasteiger partial charge on any atom is 0.220 e. The van der Waals surface area contributed by atoms with Crippen LogP contribution in [0.5, 0.6) is 0 Å². The topological polar surface area (TPSA) is 32.3 Å². The SMILES string of the molecule is CN(F)C[C@@H]1CCC(=O)N1. The van der Waals surface area contributed by atoms with Crippen molar-refractivity contribution in [2.24, 2.45) is 0 Å². The van der Waals surface area contributed by atoms with E-state index in [1.807, 2.05) is 0 Å². The van der Waals surface area contributed by atoms with E-state index >= 15 is 0 Å². The first kappa shape index (κ1) is 7.47. The van der Waals surface area contributed by atoms with Crippen LogP contribution in [0.2, 0.25) is 0 Å². The lowest BCUT2D eigenvalue weighted by molar-refractivity contribution is -0.119. The van der Waals surface area contributed by atoms with Gasteiger partial charge in [0.2, 0.25) is 5.91 Å². The largest absolute Gasteiger partial charge is 0.352 e. The van der Waals surface area contributed by atoms with Crippen LogP contribution in [-0.4, -0.2) is 30.7 Å². The molecule has 1 atom stereocenters. The smallest absolute Gasteiger partial charge is 0.220 e. The van der Waals surface area contributed by atoms with Gasteiger partial charge < -0.3 is 5.32 Å². The third-order valence-electron chi connectivity index (χ3n) is 1.56. The minimum absolute atomic E-state index is 0.0162. The molecule has 1 saturated heterocycles. The van der Waals surface area contributed by atoms with Crippen LogP contribution in [0, 0.1) is 0 Å². The maximum atomic E-state index is 12.2. The molecule has 1 aliphatic heterocycles. The first-order valence-corrected chi connectivity index (χ1v) is 3.35. The summed E-state index contributed by atoms with van der Waals surface area (Å²) < 4.78 is 12.2. The van der Waals surface area contributed by atoms with Crippen molar-refractivity contribution in [3.8, 4) is 0 Å². The Labute approximate surface area is 59.1 Å². The zero-order valence-corrected chi connectivity index (χ0v) is 5.93. The maximum absolute atomic E-state index is 12.2. The number of rotatable bonds is 2. The summed E-state index contributed by atoms with van der Waals surface area (Å²) in [6.45, 7) is 0.297. The molecule has 1 rings (SSSR count). The van der Waals surface area contributed by atoms with Gasteiger partial charge in [0.25, 0.3) is 0 Å². The van der Waals surface area contributed by atoms with Gasteiger partial charge in [0.15, 0.2) is 0 Å². The van der Waals surface area contributed by atoms with Crippen molar-refractivity contribution in [3.63, 3.8) is 0 Å². The van der Waals surface area contributed by atoms with Gasteiger partial charge in [0.1, 0.15) is 0 Å². The van der Waals surface area contributed by atoms with E-state index in [-0.39, 0.29) is 11.9 Å². The molecule has 0 saturated carbocycles. The quantitative estimate of drug-likeness (QED) is 0.559. The van der Waals surface area contributed by atoms with Gasteiger partial charge in [-0.15, -0.1) is 9.60 Å². The summed E-state index contributed by atoms with van der Waals surface area (Å²) in [5.41, 5.74) is 0. The van der Waals surface area contributed by atoms with Crippen LogP contribution in [-0.2, 0) is 4.79 Å². The summed E-state index contributed by atoms with van der Waals surface area (Å²) in [6.07, 6.45) is 1.30. The van der Waals surface area contributed by atoms with Crippen LogP contribution in [0.3, 0.4) is 0 Å². The molecule has 1 fully saturated rings. The lowest BCUT2D eigenvalue weighted by atomic mass is 10.2. The normalized spacial score (nSPS) is 25.5. The molecule has 0 aromatic carbocycles. The van der Waals surface area contributed by atoms with E-state index in [0.717, 1.165) is 6.42 Å². The molecule has 0 aliphatic carbocycles. The van der Waals surface area contributed by atoms with E-state index in [0.29, 0.717) is 18.1 Å². The number of nitrogens with zero attached hydrogens (tertiary/aromatic N) is 1. The average Bonchev–Trinajstić information content (AvgIpc) is 2.13. The summed E-state index contributed by atoms with van der Waals surface area (Å²) in [4.78, 5) is 10.6. The summed E-state index contributed by atoms with van der Waals surface area (Å²) >= 11 is 0. The van der Waals surface area contributed by atoms with Gasteiger partial charge in [0.05, 0.1) is 0 Å². The molecule has 58 valence electrons. The Bertz CT molecular complexity index is 138. The van der Waals surface area contributed by atoms with E-state index in [9.17, 15) is 9.28 Å². The number of hydrogen-bond donors (Lipinski definition) is 1. The number of carbonyl (C=O) groups is 1.